The number of nitrogens with zero attached hydrogens (tertiary/aromatic N) is 2. The lowest BCUT2D eigenvalue weighted by Gasteiger charge is -2.39. The molecule has 1 N–H and O–H groups in total. The first-order valence-electron chi connectivity index (χ1n) is 9.44. The molecule has 0 aromatic heterocycles. The fourth-order valence-corrected chi connectivity index (χ4v) is 6.09. The summed E-state index contributed by atoms with van der Waals surface area (Å²) in [7, 11) is 1.67. The van der Waals surface area contributed by atoms with Crippen LogP contribution in [-0.2, 0) is 28.3 Å². The van der Waals surface area contributed by atoms with Gasteiger partial charge >= 0.3 is 0 Å². The van der Waals surface area contributed by atoms with Crippen molar-refractivity contribution in [3.8, 4) is 6.07 Å². The summed E-state index contributed by atoms with van der Waals surface area (Å²) in [6, 6.07) is 8.60. The van der Waals surface area contributed by atoms with Gasteiger partial charge in [0, 0.05) is 36.8 Å². The van der Waals surface area contributed by atoms with Crippen LogP contribution in [0.5, 0.6) is 0 Å². The van der Waals surface area contributed by atoms with Gasteiger partial charge in [-0.25, -0.2) is 4.39 Å². The molecule has 1 aromatic rings. The average Bonchev–Trinajstić information content (AvgIpc) is 3.10. The van der Waals surface area contributed by atoms with E-state index < -0.39 is 43.6 Å². The van der Waals surface area contributed by atoms with Crippen molar-refractivity contribution in [3.63, 3.8) is 0 Å². The second-order valence-corrected chi connectivity index (χ2v) is 12.5. The zero-order valence-electron chi connectivity index (χ0n) is 17.3. The summed E-state index contributed by atoms with van der Waals surface area (Å²) in [5.41, 5.74) is -0.697. The van der Waals surface area contributed by atoms with Crippen LogP contribution >= 0.6 is 0 Å². The SMILES string of the molecule is CN(C[C@](C)(N[S+]([O-])C(C)(C)C)c1ccccc1F)[S+]([O-])C1(C#N)CCCC1. The molecule has 0 radical (unpaired) electrons. The third kappa shape index (κ3) is 5.02. The van der Waals surface area contributed by atoms with Crippen LogP contribution in [0.4, 0.5) is 4.39 Å². The van der Waals surface area contributed by atoms with E-state index in [-0.39, 0.29) is 6.54 Å². The maximum Gasteiger partial charge on any atom is 0.229 e. The highest BCUT2D eigenvalue weighted by atomic mass is 32.2. The molecule has 1 saturated carbocycles. The normalized spacial score (nSPS) is 21.1. The van der Waals surface area contributed by atoms with Gasteiger partial charge in [0.2, 0.25) is 4.75 Å². The number of likely N-dealkylation sites (N-methyl/N-ethyl adjacent to an activating group) is 1. The second-order valence-electron chi connectivity index (χ2n) is 8.64. The van der Waals surface area contributed by atoms with Crippen molar-refractivity contribution < 1.29 is 13.5 Å². The molecule has 2 unspecified atom stereocenters. The minimum atomic E-state index is -1.55. The molecule has 0 bridgehead atoms. The van der Waals surface area contributed by atoms with Crippen LogP contribution in [-0.4, -0.2) is 36.5 Å². The van der Waals surface area contributed by atoms with Crippen molar-refractivity contribution in [2.75, 3.05) is 13.6 Å². The Hall–Kier alpha value is -0.820. The van der Waals surface area contributed by atoms with Gasteiger partial charge in [0.05, 0.1) is 17.9 Å². The molecule has 2 rings (SSSR count). The minimum Gasteiger partial charge on any atom is -0.598 e. The zero-order valence-corrected chi connectivity index (χ0v) is 18.9. The van der Waals surface area contributed by atoms with Gasteiger partial charge in [0.25, 0.3) is 0 Å². The number of nitrogens with one attached hydrogen (secondary N) is 1. The second kappa shape index (κ2) is 8.90. The Balaban J connectivity index is 2.34. The van der Waals surface area contributed by atoms with Crippen molar-refractivity contribution in [1.82, 2.24) is 9.03 Å². The summed E-state index contributed by atoms with van der Waals surface area (Å²) < 4.78 is 43.9. The standard InChI is InChI=1S/C20H30FN3O2S2/c1-18(2,3)27(25)23-19(4,16-10-6-7-11-17(16)21)15-24(5)28(26)20(14-22)12-8-9-13-20/h6-7,10-11,23H,8-9,12-13,15H2,1-5H3/t19-,27?,28?/m0/s1. The Morgan fingerprint density at radius 2 is 1.79 bits per heavy atom. The molecule has 3 atom stereocenters. The molecule has 28 heavy (non-hydrogen) atoms. The Morgan fingerprint density at radius 1 is 1.21 bits per heavy atom. The van der Waals surface area contributed by atoms with Crippen molar-refractivity contribution in [3.05, 3.63) is 35.6 Å². The van der Waals surface area contributed by atoms with Crippen molar-refractivity contribution >= 4 is 22.7 Å². The first-order chi connectivity index (χ1) is 12.9. The van der Waals surface area contributed by atoms with Gasteiger partial charge in [-0.15, -0.1) is 9.03 Å². The molecule has 156 valence electrons. The van der Waals surface area contributed by atoms with Crippen LogP contribution < -0.4 is 4.72 Å². The molecule has 5 nitrogen and oxygen atoms in total. The fourth-order valence-electron chi connectivity index (χ4n) is 3.51. The Labute approximate surface area is 174 Å². The maximum absolute atomic E-state index is 14.6. The molecule has 0 heterocycles. The van der Waals surface area contributed by atoms with Crippen LogP contribution in [0.15, 0.2) is 24.3 Å². The van der Waals surface area contributed by atoms with Gasteiger partial charge in [-0.2, -0.15) is 5.26 Å². The number of hydrogen-bond donors (Lipinski definition) is 1. The summed E-state index contributed by atoms with van der Waals surface area (Å²) in [5.74, 6) is -0.418. The Morgan fingerprint density at radius 3 is 2.29 bits per heavy atom. The van der Waals surface area contributed by atoms with Crippen molar-refractivity contribution in [2.24, 2.45) is 0 Å². The van der Waals surface area contributed by atoms with Gasteiger partial charge in [0.15, 0.2) is 0 Å². The molecular formula is C20H30FN3O2S2. The summed E-state index contributed by atoms with van der Waals surface area (Å²) in [6.45, 7) is 7.41. The van der Waals surface area contributed by atoms with Gasteiger partial charge < -0.3 is 9.11 Å². The van der Waals surface area contributed by atoms with Gasteiger partial charge in [0.1, 0.15) is 22.2 Å². The van der Waals surface area contributed by atoms with Gasteiger partial charge in [-0.3, -0.25) is 0 Å². The lowest BCUT2D eigenvalue weighted by atomic mass is 9.92. The first kappa shape index (κ1) is 23.5. The Kier molecular flexibility index (Phi) is 7.46. The molecule has 1 fully saturated rings. The van der Waals surface area contributed by atoms with Crippen molar-refractivity contribution in [2.45, 2.75) is 68.4 Å². The zero-order chi connectivity index (χ0) is 21.2. The number of hydrogen-bond acceptors (Lipinski definition) is 5. The smallest absolute Gasteiger partial charge is 0.229 e. The van der Waals surface area contributed by atoms with Crippen LogP contribution in [0.1, 0.15) is 58.9 Å². The van der Waals surface area contributed by atoms with E-state index >= 15 is 0 Å². The molecule has 0 saturated heterocycles. The van der Waals surface area contributed by atoms with E-state index in [9.17, 15) is 18.8 Å². The molecule has 8 heteroatoms. The maximum atomic E-state index is 14.6. The van der Waals surface area contributed by atoms with Crippen molar-refractivity contribution in [1.29, 1.82) is 5.26 Å². The van der Waals surface area contributed by atoms with E-state index in [1.54, 1.807) is 36.5 Å². The average molecular weight is 428 g/mol. The molecule has 1 aromatic carbocycles. The topological polar surface area (TPSA) is 85.2 Å². The molecule has 0 amide bonds. The van der Waals surface area contributed by atoms with Crippen LogP contribution in [0.2, 0.25) is 0 Å². The highest BCUT2D eigenvalue weighted by molar-refractivity contribution is 7.91. The third-order valence-electron chi connectivity index (χ3n) is 5.11. The quantitative estimate of drug-likeness (QED) is 0.673. The van der Waals surface area contributed by atoms with Crippen LogP contribution in [0.3, 0.4) is 0 Å². The number of halogens is 1. The fraction of sp³-hybridized carbons (Fsp3) is 0.650. The van der Waals surface area contributed by atoms with Gasteiger partial charge in [-0.1, -0.05) is 18.2 Å². The van der Waals surface area contributed by atoms with E-state index in [1.165, 1.54) is 6.07 Å². The molecule has 1 aliphatic rings. The largest absolute Gasteiger partial charge is 0.598 e. The first-order valence-corrected chi connectivity index (χ1v) is 11.7. The van der Waals surface area contributed by atoms with E-state index in [1.807, 2.05) is 20.8 Å². The van der Waals surface area contributed by atoms with E-state index in [0.717, 1.165) is 12.8 Å². The molecule has 1 aliphatic carbocycles. The summed E-state index contributed by atoms with van der Waals surface area (Å²) in [6.07, 6.45) is 2.95. The monoisotopic (exact) mass is 427 g/mol. The predicted octanol–water partition coefficient (Wildman–Crippen LogP) is 3.52. The third-order valence-corrected chi connectivity index (χ3v) is 8.73. The highest BCUT2D eigenvalue weighted by Gasteiger charge is 2.50. The lowest BCUT2D eigenvalue weighted by molar-refractivity contribution is 0.315. The number of rotatable bonds is 7. The summed E-state index contributed by atoms with van der Waals surface area (Å²) in [4.78, 5) is 0. The van der Waals surface area contributed by atoms with E-state index in [0.29, 0.717) is 18.4 Å². The highest BCUT2D eigenvalue weighted by Crippen LogP contribution is 2.39. The summed E-state index contributed by atoms with van der Waals surface area (Å²) >= 11 is -3.02. The molecular weight excluding hydrogens is 397 g/mol. The number of benzene rings is 1. The van der Waals surface area contributed by atoms with Crippen LogP contribution in [0, 0.1) is 17.1 Å². The van der Waals surface area contributed by atoms with E-state index in [4.69, 9.17) is 0 Å². The molecule has 0 aliphatic heterocycles. The minimum absolute atomic E-state index is 0.145. The Bertz CT molecular complexity index is 716. The van der Waals surface area contributed by atoms with Crippen LogP contribution in [0.25, 0.3) is 0 Å². The van der Waals surface area contributed by atoms with Gasteiger partial charge in [-0.05, 0) is 46.6 Å². The van der Waals surface area contributed by atoms with E-state index in [2.05, 4.69) is 10.8 Å². The summed E-state index contributed by atoms with van der Waals surface area (Å²) in [5, 5.41) is 9.65. The lowest BCUT2D eigenvalue weighted by Crippen LogP contribution is -2.57. The predicted molar refractivity (Wildman–Crippen MR) is 112 cm³/mol. The number of nitriles is 1. The molecule has 0 spiro atoms.